The quantitative estimate of drug-likeness (QED) is 0.826. The van der Waals surface area contributed by atoms with Crippen LogP contribution in [0.3, 0.4) is 0 Å². The fraction of sp³-hybridized carbons (Fsp3) is 0.391. The van der Waals surface area contributed by atoms with Crippen molar-refractivity contribution in [3.63, 3.8) is 0 Å². The Hall–Kier alpha value is -2.68. The van der Waals surface area contributed by atoms with Gasteiger partial charge >= 0.3 is 0 Å². The van der Waals surface area contributed by atoms with Gasteiger partial charge in [-0.1, -0.05) is 30.3 Å². The van der Waals surface area contributed by atoms with Crippen LogP contribution in [0.1, 0.15) is 23.1 Å². The van der Waals surface area contributed by atoms with E-state index in [4.69, 9.17) is 5.26 Å². The molecule has 2 aromatic rings. The molecule has 2 aliphatic heterocycles. The normalized spacial score (nSPS) is 17.8. The summed E-state index contributed by atoms with van der Waals surface area (Å²) in [6, 6.07) is 18.2. The topological polar surface area (TPSA) is 50.6 Å². The first-order valence-electron chi connectivity index (χ1n) is 10.0. The van der Waals surface area contributed by atoms with Crippen LogP contribution in [0.25, 0.3) is 0 Å². The average molecular weight is 374 g/mol. The zero-order valence-electron chi connectivity index (χ0n) is 16.2. The second kappa shape index (κ2) is 8.55. The van der Waals surface area contributed by atoms with E-state index in [0.29, 0.717) is 12.1 Å². The van der Waals surface area contributed by atoms with E-state index < -0.39 is 0 Å². The standard InChI is InChI=1S/C23H26N4O/c24-16-19-6-8-20(9-7-19)17-25-11-3-12-26(15-14-25)18-23(28)27-13-10-21-4-1-2-5-22(21)27/h1-2,4-9H,3,10-15,17-18H2. The zero-order chi connectivity index (χ0) is 19.3. The molecule has 2 heterocycles. The second-order valence-electron chi connectivity index (χ2n) is 7.64. The smallest absolute Gasteiger partial charge is 0.241 e. The molecule has 0 saturated carbocycles. The number of carbonyl (C=O) groups excluding carboxylic acids is 1. The van der Waals surface area contributed by atoms with Gasteiger partial charge in [-0.15, -0.1) is 0 Å². The maximum absolute atomic E-state index is 12.9. The lowest BCUT2D eigenvalue weighted by molar-refractivity contribution is -0.119. The highest BCUT2D eigenvalue weighted by Crippen LogP contribution is 2.27. The first kappa shape index (κ1) is 18.7. The predicted molar refractivity (Wildman–Crippen MR) is 110 cm³/mol. The van der Waals surface area contributed by atoms with Crippen LogP contribution in [0.5, 0.6) is 0 Å². The fourth-order valence-electron chi connectivity index (χ4n) is 4.16. The molecule has 4 rings (SSSR count). The summed E-state index contributed by atoms with van der Waals surface area (Å²) in [4.78, 5) is 19.6. The molecule has 28 heavy (non-hydrogen) atoms. The number of carbonyl (C=O) groups is 1. The van der Waals surface area contributed by atoms with Crippen LogP contribution in [0.15, 0.2) is 48.5 Å². The van der Waals surface area contributed by atoms with Crippen molar-refractivity contribution < 1.29 is 4.79 Å². The molecular formula is C23H26N4O. The predicted octanol–water partition coefficient (Wildman–Crippen LogP) is 2.66. The van der Waals surface area contributed by atoms with Crippen molar-refractivity contribution in [3.8, 4) is 6.07 Å². The van der Waals surface area contributed by atoms with E-state index >= 15 is 0 Å². The van der Waals surface area contributed by atoms with Crippen LogP contribution in [0.4, 0.5) is 5.69 Å². The Bertz CT molecular complexity index is 871. The number of amides is 1. The fourth-order valence-corrected chi connectivity index (χ4v) is 4.16. The Morgan fingerprint density at radius 2 is 1.68 bits per heavy atom. The number of hydrogen-bond donors (Lipinski definition) is 0. The minimum Gasteiger partial charge on any atom is -0.311 e. The molecule has 0 aliphatic carbocycles. The van der Waals surface area contributed by atoms with Crippen molar-refractivity contribution in [3.05, 3.63) is 65.2 Å². The van der Waals surface area contributed by atoms with E-state index in [1.807, 2.05) is 41.3 Å². The number of rotatable bonds is 4. The van der Waals surface area contributed by atoms with Gasteiger partial charge in [0.1, 0.15) is 0 Å². The molecule has 0 atom stereocenters. The Balaban J connectivity index is 1.30. The van der Waals surface area contributed by atoms with E-state index in [1.54, 1.807) is 0 Å². The third-order valence-electron chi connectivity index (χ3n) is 5.72. The van der Waals surface area contributed by atoms with Gasteiger partial charge in [-0.05, 0) is 55.3 Å². The lowest BCUT2D eigenvalue weighted by Gasteiger charge is -2.24. The van der Waals surface area contributed by atoms with E-state index in [9.17, 15) is 4.79 Å². The molecular weight excluding hydrogens is 348 g/mol. The maximum Gasteiger partial charge on any atom is 0.241 e. The molecule has 144 valence electrons. The molecule has 5 nitrogen and oxygen atoms in total. The highest BCUT2D eigenvalue weighted by atomic mass is 16.2. The minimum absolute atomic E-state index is 0.213. The Morgan fingerprint density at radius 1 is 0.929 bits per heavy atom. The monoisotopic (exact) mass is 374 g/mol. The summed E-state index contributed by atoms with van der Waals surface area (Å²) >= 11 is 0. The number of anilines is 1. The van der Waals surface area contributed by atoms with Gasteiger partial charge in [0.05, 0.1) is 18.2 Å². The van der Waals surface area contributed by atoms with E-state index in [-0.39, 0.29) is 5.91 Å². The Kier molecular flexibility index (Phi) is 5.70. The molecule has 2 aromatic carbocycles. The van der Waals surface area contributed by atoms with Crippen molar-refractivity contribution >= 4 is 11.6 Å². The number of nitrogens with zero attached hydrogens (tertiary/aromatic N) is 4. The molecule has 0 bridgehead atoms. The van der Waals surface area contributed by atoms with Gasteiger partial charge in [-0.2, -0.15) is 5.26 Å². The summed E-state index contributed by atoms with van der Waals surface area (Å²) in [5.74, 6) is 0.213. The number of fused-ring (bicyclic) bond motifs is 1. The summed E-state index contributed by atoms with van der Waals surface area (Å²) in [7, 11) is 0. The molecule has 1 fully saturated rings. The second-order valence-corrected chi connectivity index (χ2v) is 7.64. The maximum atomic E-state index is 12.9. The number of hydrogen-bond acceptors (Lipinski definition) is 4. The average Bonchev–Trinajstić information content (AvgIpc) is 3.04. The van der Waals surface area contributed by atoms with Gasteiger partial charge in [-0.25, -0.2) is 0 Å². The van der Waals surface area contributed by atoms with Gasteiger partial charge < -0.3 is 4.90 Å². The van der Waals surface area contributed by atoms with E-state index in [0.717, 1.165) is 57.8 Å². The summed E-state index contributed by atoms with van der Waals surface area (Å²) in [5.41, 5.74) is 4.30. The van der Waals surface area contributed by atoms with Crippen LogP contribution < -0.4 is 4.90 Å². The van der Waals surface area contributed by atoms with Crippen molar-refractivity contribution in [2.24, 2.45) is 0 Å². The van der Waals surface area contributed by atoms with Crippen LogP contribution in [0.2, 0.25) is 0 Å². The number of para-hydroxylation sites is 1. The Labute approximate surface area is 166 Å². The van der Waals surface area contributed by atoms with Crippen LogP contribution in [-0.4, -0.2) is 55.0 Å². The third-order valence-corrected chi connectivity index (χ3v) is 5.72. The Morgan fingerprint density at radius 3 is 2.50 bits per heavy atom. The molecule has 0 spiro atoms. The van der Waals surface area contributed by atoms with E-state index in [2.05, 4.69) is 28.0 Å². The summed E-state index contributed by atoms with van der Waals surface area (Å²) in [6.07, 6.45) is 2.03. The molecule has 5 heteroatoms. The SMILES string of the molecule is N#Cc1ccc(CN2CCCN(CC(=O)N3CCc4ccccc43)CC2)cc1. The van der Waals surface area contributed by atoms with Gasteiger partial charge in [0, 0.05) is 31.9 Å². The van der Waals surface area contributed by atoms with Crippen molar-refractivity contribution in [2.45, 2.75) is 19.4 Å². The third kappa shape index (κ3) is 4.24. The van der Waals surface area contributed by atoms with E-state index in [1.165, 1.54) is 11.1 Å². The summed E-state index contributed by atoms with van der Waals surface area (Å²) in [6.45, 7) is 6.08. The highest BCUT2D eigenvalue weighted by molar-refractivity contribution is 5.96. The number of nitriles is 1. The molecule has 1 amide bonds. The highest BCUT2D eigenvalue weighted by Gasteiger charge is 2.26. The largest absolute Gasteiger partial charge is 0.311 e. The zero-order valence-corrected chi connectivity index (χ0v) is 16.2. The van der Waals surface area contributed by atoms with Crippen molar-refractivity contribution in [1.82, 2.24) is 9.80 Å². The molecule has 0 unspecified atom stereocenters. The van der Waals surface area contributed by atoms with Gasteiger partial charge in [0.25, 0.3) is 0 Å². The summed E-state index contributed by atoms with van der Waals surface area (Å²) in [5, 5.41) is 8.92. The van der Waals surface area contributed by atoms with Gasteiger partial charge in [0.15, 0.2) is 0 Å². The molecule has 0 radical (unpaired) electrons. The first-order chi connectivity index (χ1) is 13.7. The summed E-state index contributed by atoms with van der Waals surface area (Å²) < 4.78 is 0. The lowest BCUT2D eigenvalue weighted by Crippen LogP contribution is -2.41. The van der Waals surface area contributed by atoms with Crippen LogP contribution >= 0.6 is 0 Å². The van der Waals surface area contributed by atoms with Crippen LogP contribution in [0, 0.1) is 11.3 Å². The molecule has 1 saturated heterocycles. The van der Waals surface area contributed by atoms with Gasteiger partial charge in [-0.3, -0.25) is 14.6 Å². The van der Waals surface area contributed by atoms with Crippen molar-refractivity contribution in [1.29, 1.82) is 5.26 Å². The van der Waals surface area contributed by atoms with Crippen LogP contribution in [-0.2, 0) is 17.8 Å². The van der Waals surface area contributed by atoms with Crippen molar-refractivity contribution in [2.75, 3.05) is 44.2 Å². The minimum atomic E-state index is 0.213. The molecule has 0 aromatic heterocycles. The first-order valence-corrected chi connectivity index (χ1v) is 10.0. The molecule has 2 aliphatic rings. The molecule has 0 N–H and O–H groups in total. The lowest BCUT2D eigenvalue weighted by atomic mass is 10.1. The van der Waals surface area contributed by atoms with Gasteiger partial charge in [0.2, 0.25) is 5.91 Å². The number of benzene rings is 2.